The Morgan fingerprint density at radius 1 is 1.37 bits per heavy atom. The number of nitrogens with one attached hydrogen (secondary N) is 1. The number of hydrogen-bond acceptors (Lipinski definition) is 3. The number of carbonyl (C=O) groups excluding carboxylic acids is 1. The number of amides is 1. The highest BCUT2D eigenvalue weighted by molar-refractivity contribution is 5.94. The molecule has 4 nitrogen and oxygen atoms in total. The number of anilines is 1. The van der Waals surface area contributed by atoms with Gasteiger partial charge in [-0.2, -0.15) is 0 Å². The van der Waals surface area contributed by atoms with E-state index in [4.69, 9.17) is 4.74 Å². The van der Waals surface area contributed by atoms with Gasteiger partial charge in [0.15, 0.2) is 0 Å². The van der Waals surface area contributed by atoms with E-state index in [1.165, 1.54) is 5.56 Å². The van der Waals surface area contributed by atoms with E-state index in [0.29, 0.717) is 13.0 Å². The van der Waals surface area contributed by atoms with Crippen LogP contribution in [0, 0.1) is 0 Å². The second-order valence-corrected chi connectivity index (χ2v) is 4.71. The molecule has 2 rings (SSSR count). The molecule has 0 aliphatic carbocycles. The maximum Gasteiger partial charge on any atom is 0.229 e. The van der Waals surface area contributed by atoms with Gasteiger partial charge in [0.05, 0.1) is 13.0 Å². The molecule has 0 fully saturated rings. The smallest absolute Gasteiger partial charge is 0.229 e. The Morgan fingerprint density at radius 2 is 2.21 bits per heavy atom. The molecule has 1 heterocycles. The summed E-state index contributed by atoms with van der Waals surface area (Å²) >= 11 is 0. The fourth-order valence-corrected chi connectivity index (χ4v) is 2.26. The number of para-hydroxylation sites is 1. The van der Waals surface area contributed by atoms with Crippen LogP contribution in [0.3, 0.4) is 0 Å². The van der Waals surface area contributed by atoms with Crippen LogP contribution in [0.2, 0.25) is 0 Å². The van der Waals surface area contributed by atoms with Crippen molar-refractivity contribution in [3.05, 3.63) is 29.8 Å². The van der Waals surface area contributed by atoms with Gasteiger partial charge in [-0.3, -0.25) is 4.79 Å². The molecule has 0 saturated heterocycles. The predicted octanol–water partition coefficient (Wildman–Crippen LogP) is 1.94. The van der Waals surface area contributed by atoms with Gasteiger partial charge in [-0.05, 0) is 18.1 Å². The standard InChI is InChI=1S/C15H22N2O2/c1-2-10-19-11-7-15(18)17-9-8-16-12-13-5-3-4-6-14(13)17/h3-6,16H,2,7-12H2,1H3. The van der Waals surface area contributed by atoms with Crippen molar-refractivity contribution in [2.75, 3.05) is 31.2 Å². The van der Waals surface area contributed by atoms with Crippen LogP contribution in [0.15, 0.2) is 24.3 Å². The van der Waals surface area contributed by atoms with Gasteiger partial charge in [-0.1, -0.05) is 25.1 Å². The summed E-state index contributed by atoms with van der Waals surface area (Å²) in [5.74, 6) is 0.146. The normalized spacial score (nSPS) is 14.9. The fourth-order valence-electron chi connectivity index (χ4n) is 2.26. The van der Waals surface area contributed by atoms with Gasteiger partial charge >= 0.3 is 0 Å². The van der Waals surface area contributed by atoms with E-state index in [0.717, 1.165) is 38.3 Å². The molecule has 19 heavy (non-hydrogen) atoms. The van der Waals surface area contributed by atoms with E-state index in [2.05, 4.69) is 18.3 Å². The molecule has 0 spiro atoms. The first-order valence-corrected chi connectivity index (χ1v) is 6.99. The van der Waals surface area contributed by atoms with E-state index in [9.17, 15) is 4.79 Å². The van der Waals surface area contributed by atoms with Gasteiger partial charge in [-0.25, -0.2) is 0 Å². The third kappa shape index (κ3) is 3.78. The molecule has 0 atom stereocenters. The second-order valence-electron chi connectivity index (χ2n) is 4.71. The number of carbonyl (C=O) groups is 1. The van der Waals surface area contributed by atoms with E-state index in [1.807, 2.05) is 23.1 Å². The summed E-state index contributed by atoms with van der Waals surface area (Å²) in [4.78, 5) is 14.2. The summed E-state index contributed by atoms with van der Waals surface area (Å²) in [6.45, 7) is 5.69. The van der Waals surface area contributed by atoms with Crippen molar-refractivity contribution >= 4 is 11.6 Å². The van der Waals surface area contributed by atoms with Crippen LogP contribution in [-0.2, 0) is 16.1 Å². The first kappa shape index (κ1) is 14.0. The van der Waals surface area contributed by atoms with Crippen molar-refractivity contribution < 1.29 is 9.53 Å². The third-order valence-corrected chi connectivity index (χ3v) is 3.22. The molecule has 1 aliphatic rings. The van der Waals surface area contributed by atoms with Crippen LogP contribution in [0.4, 0.5) is 5.69 Å². The molecule has 4 heteroatoms. The summed E-state index contributed by atoms with van der Waals surface area (Å²) < 4.78 is 5.40. The van der Waals surface area contributed by atoms with Crippen LogP contribution in [0.5, 0.6) is 0 Å². The Kier molecular flexibility index (Phi) is 5.36. The van der Waals surface area contributed by atoms with Gasteiger partial charge in [0.1, 0.15) is 0 Å². The maximum absolute atomic E-state index is 12.3. The molecule has 104 valence electrons. The Labute approximate surface area is 114 Å². The summed E-state index contributed by atoms with van der Waals surface area (Å²) in [5, 5.41) is 3.34. The molecular formula is C15H22N2O2. The highest BCUT2D eigenvalue weighted by Crippen LogP contribution is 2.22. The third-order valence-electron chi connectivity index (χ3n) is 3.22. The summed E-state index contributed by atoms with van der Waals surface area (Å²) in [5.41, 5.74) is 2.22. The lowest BCUT2D eigenvalue weighted by Gasteiger charge is -2.22. The van der Waals surface area contributed by atoms with E-state index in [1.54, 1.807) is 0 Å². The van der Waals surface area contributed by atoms with Crippen molar-refractivity contribution in [1.82, 2.24) is 5.32 Å². The average molecular weight is 262 g/mol. The molecule has 0 unspecified atom stereocenters. The number of rotatable bonds is 5. The first-order valence-electron chi connectivity index (χ1n) is 6.99. The maximum atomic E-state index is 12.3. The molecule has 1 amide bonds. The number of ether oxygens (including phenoxy) is 1. The summed E-state index contributed by atoms with van der Waals surface area (Å²) in [6, 6.07) is 8.09. The lowest BCUT2D eigenvalue weighted by atomic mass is 10.1. The largest absolute Gasteiger partial charge is 0.381 e. The molecule has 0 saturated carbocycles. The number of fused-ring (bicyclic) bond motifs is 1. The van der Waals surface area contributed by atoms with Gasteiger partial charge in [0.2, 0.25) is 5.91 Å². The van der Waals surface area contributed by atoms with Crippen molar-refractivity contribution in [1.29, 1.82) is 0 Å². The van der Waals surface area contributed by atoms with Crippen LogP contribution in [0.1, 0.15) is 25.3 Å². The summed E-state index contributed by atoms with van der Waals surface area (Å²) in [6.07, 6.45) is 1.44. The molecule has 1 aromatic rings. The van der Waals surface area contributed by atoms with E-state index >= 15 is 0 Å². The molecule has 0 bridgehead atoms. The number of nitrogens with zero attached hydrogens (tertiary/aromatic N) is 1. The number of hydrogen-bond donors (Lipinski definition) is 1. The molecule has 0 aromatic heterocycles. The topological polar surface area (TPSA) is 41.6 Å². The van der Waals surface area contributed by atoms with Crippen molar-refractivity contribution in [2.45, 2.75) is 26.3 Å². The van der Waals surface area contributed by atoms with Crippen LogP contribution >= 0.6 is 0 Å². The molecule has 1 aliphatic heterocycles. The minimum Gasteiger partial charge on any atom is -0.381 e. The van der Waals surface area contributed by atoms with Gasteiger partial charge < -0.3 is 15.0 Å². The Balaban J connectivity index is 2.00. The minimum absolute atomic E-state index is 0.146. The molecule has 0 radical (unpaired) electrons. The van der Waals surface area contributed by atoms with Gasteiger partial charge in [0, 0.05) is 31.9 Å². The van der Waals surface area contributed by atoms with Crippen molar-refractivity contribution in [3.8, 4) is 0 Å². The molecular weight excluding hydrogens is 240 g/mol. The van der Waals surface area contributed by atoms with Gasteiger partial charge in [-0.15, -0.1) is 0 Å². The Morgan fingerprint density at radius 3 is 3.05 bits per heavy atom. The zero-order valence-corrected chi connectivity index (χ0v) is 11.5. The van der Waals surface area contributed by atoms with Crippen LogP contribution in [0.25, 0.3) is 0 Å². The quantitative estimate of drug-likeness (QED) is 0.825. The van der Waals surface area contributed by atoms with Crippen LogP contribution < -0.4 is 10.2 Å². The van der Waals surface area contributed by atoms with E-state index in [-0.39, 0.29) is 5.91 Å². The lowest BCUT2D eigenvalue weighted by molar-refractivity contribution is -0.119. The van der Waals surface area contributed by atoms with E-state index < -0.39 is 0 Å². The van der Waals surface area contributed by atoms with Crippen LogP contribution in [-0.4, -0.2) is 32.2 Å². The summed E-state index contributed by atoms with van der Waals surface area (Å²) in [7, 11) is 0. The lowest BCUT2D eigenvalue weighted by Crippen LogP contribution is -2.35. The molecule has 1 aromatic carbocycles. The number of benzene rings is 1. The zero-order chi connectivity index (χ0) is 13.5. The highest BCUT2D eigenvalue weighted by Gasteiger charge is 2.20. The first-order chi connectivity index (χ1) is 9.33. The predicted molar refractivity (Wildman–Crippen MR) is 76.2 cm³/mol. The van der Waals surface area contributed by atoms with Gasteiger partial charge in [0.25, 0.3) is 0 Å². The molecule has 1 N–H and O–H groups in total. The zero-order valence-electron chi connectivity index (χ0n) is 11.5. The van der Waals surface area contributed by atoms with Crippen molar-refractivity contribution in [3.63, 3.8) is 0 Å². The average Bonchev–Trinajstić information content (AvgIpc) is 2.66. The SMILES string of the molecule is CCCOCCC(=O)N1CCNCc2ccccc21. The monoisotopic (exact) mass is 262 g/mol. The Bertz CT molecular complexity index is 420. The minimum atomic E-state index is 0.146. The Hall–Kier alpha value is -1.39. The fraction of sp³-hybridized carbons (Fsp3) is 0.533. The van der Waals surface area contributed by atoms with Crippen molar-refractivity contribution in [2.24, 2.45) is 0 Å². The second kappa shape index (κ2) is 7.26. The highest BCUT2D eigenvalue weighted by atomic mass is 16.5.